The minimum absolute atomic E-state index is 0.0468. The van der Waals surface area contributed by atoms with Crippen molar-refractivity contribution in [1.82, 2.24) is 0 Å². The molecule has 1 rings (SSSR count). The lowest BCUT2D eigenvalue weighted by Crippen LogP contribution is -1.92. The summed E-state index contributed by atoms with van der Waals surface area (Å²) in [5, 5.41) is 10.5. The van der Waals surface area contributed by atoms with Crippen LogP contribution in [0, 0.1) is 0 Å². The van der Waals surface area contributed by atoms with Crippen LogP contribution in [0.25, 0.3) is 0 Å². The molecule has 0 spiro atoms. The summed E-state index contributed by atoms with van der Waals surface area (Å²) in [4.78, 5) is 10.9. The summed E-state index contributed by atoms with van der Waals surface area (Å²) >= 11 is 3.64. The summed E-state index contributed by atoms with van der Waals surface area (Å²) in [6.07, 6.45) is 0. The monoisotopic (exact) mass is 222 g/mol. The second kappa shape index (κ2) is 3.03. The highest BCUT2D eigenvalue weighted by Gasteiger charge is 2.12. The van der Waals surface area contributed by atoms with Gasteiger partial charge in [-0.1, -0.05) is 0 Å². The maximum atomic E-state index is 10.7. The van der Waals surface area contributed by atoms with Crippen LogP contribution in [0.4, 0.5) is 0 Å². The number of carbonyl (C=O) groups excluding carboxylic acids is 1. The van der Waals surface area contributed by atoms with Gasteiger partial charge in [-0.3, -0.25) is 0 Å². The molecule has 1 aromatic rings. The molecule has 1 heterocycles. The van der Waals surface area contributed by atoms with Gasteiger partial charge in [-0.05, 0) is 11.4 Å². The van der Waals surface area contributed by atoms with E-state index in [4.69, 9.17) is 5.11 Å². The molecule has 10 heavy (non-hydrogen) atoms. The zero-order valence-electron chi connectivity index (χ0n) is 4.70. The van der Waals surface area contributed by atoms with Crippen molar-refractivity contribution in [2.24, 2.45) is 0 Å². The molecule has 0 unspecified atom stereocenters. The Bertz CT molecular complexity index is 245. The first kappa shape index (κ1) is 7.56. The Kier molecular flexibility index (Phi) is 2.29. The van der Waals surface area contributed by atoms with E-state index in [1.54, 1.807) is 5.38 Å². The second-order valence-corrected chi connectivity index (χ2v) is 2.74. The topological polar surface area (TPSA) is 46.5 Å². The molecular formula is C5H3BrO3S. The zero-order chi connectivity index (χ0) is 7.56. The SMILES string of the molecule is O=C(OBr)c1sccc1O. The lowest BCUT2D eigenvalue weighted by Gasteiger charge is -1.90. The van der Waals surface area contributed by atoms with E-state index in [0.717, 1.165) is 11.3 Å². The standard InChI is InChI=1S/C5H3BrO3S/c6-9-5(8)4-3(7)1-2-10-4/h1-2,7H. The number of halogens is 1. The third-order valence-electron chi connectivity index (χ3n) is 0.900. The van der Waals surface area contributed by atoms with Crippen molar-refractivity contribution < 1.29 is 13.7 Å². The summed E-state index contributed by atoms with van der Waals surface area (Å²) in [5.41, 5.74) is 0. The third kappa shape index (κ3) is 1.30. The van der Waals surface area contributed by atoms with Crippen LogP contribution in [0.3, 0.4) is 0 Å². The van der Waals surface area contributed by atoms with Gasteiger partial charge in [0.05, 0.1) is 0 Å². The van der Waals surface area contributed by atoms with Crippen LogP contribution in [-0.2, 0) is 3.83 Å². The Labute approximate surface area is 69.7 Å². The summed E-state index contributed by atoms with van der Waals surface area (Å²) in [5.74, 6) is -0.623. The molecule has 1 aromatic heterocycles. The van der Waals surface area contributed by atoms with Gasteiger partial charge in [0.1, 0.15) is 5.75 Å². The second-order valence-electron chi connectivity index (χ2n) is 1.50. The molecule has 0 fully saturated rings. The van der Waals surface area contributed by atoms with E-state index < -0.39 is 5.97 Å². The molecule has 0 atom stereocenters. The van der Waals surface area contributed by atoms with Crippen molar-refractivity contribution in [2.45, 2.75) is 0 Å². The molecule has 0 aliphatic heterocycles. The maximum Gasteiger partial charge on any atom is 0.363 e. The molecule has 0 aromatic carbocycles. The predicted octanol–water partition coefficient (Wildman–Crippen LogP) is 1.92. The van der Waals surface area contributed by atoms with Gasteiger partial charge in [-0.2, -0.15) is 0 Å². The largest absolute Gasteiger partial charge is 0.506 e. The molecule has 54 valence electrons. The van der Waals surface area contributed by atoms with Gasteiger partial charge in [0.25, 0.3) is 0 Å². The summed E-state index contributed by atoms with van der Waals surface area (Å²) in [6.45, 7) is 0. The molecule has 0 amide bonds. The third-order valence-corrected chi connectivity index (χ3v) is 2.08. The highest BCUT2D eigenvalue weighted by atomic mass is 79.9. The van der Waals surface area contributed by atoms with Crippen molar-refractivity contribution in [2.75, 3.05) is 0 Å². The van der Waals surface area contributed by atoms with Crippen LogP contribution in [-0.4, -0.2) is 11.1 Å². The van der Waals surface area contributed by atoms with E-state index in [1.807, 2.05) is 0 Å². The fourth-order valence-corrected chi connectivity index (χ4v) is 1.42. The van der Waals surface area contributed by atoms with Crippen molar-refractivity contribution in [3.8, 4) is 5.75 Å². The Morgan fingerprint density at radius 1 is 1.80 bits per heavy atom. The highest BCUT2D eigenvalue weighted by Crippen LogP contribution is 2.24. The Morgan fingerprint density at radius 2 is 2.50 bits per heavy atom. The molecule has 0 saturated carbocycles. The molecule has 0 saturated heterocycles. The number of hydrogen-bond donors (Lipinski definition) is 1. The van der Waals surface area contributed by atoms with Gasteiger partial charge >= 0.3 is 5.97 Å². The van der Waals surface area contributed by atoms with Crippen molar-refractivity contribution in [1.29, 1.82) is 0 Å². The van der Waals surface area contributed by atoms with Gasteiger partial charge in [-0.25, -0.2) is 4.79 Å². The van der Waals surface area contributed by atoms with Crippen LogP contribution >= 0.6 is 27.6 Å². The normalized spacial score (nSPS) is 9.30. The van der Waals surface area contributed by atoms with Crippen LogP contribution < -0.4 is 0 Å². The molecule has 0 aliphatic carbocycles. The highest BCUT2D eigenvalue weighted by molar-refractivity contribution is 9.06. The Morgan fingerprint density at radius 3 is 2.90 bits per heavy atom. The van der Waals surface area contributed by atoms with Crippen molar-refractivity contribution in [3.63, 3.8) is 0 Å². The van der Waals surface area contributed by atoms with Crippen LogP contribution in [0.1, 0.15) is 9.67 Å². The van der Waals surface area contributed by atoms with E-state index in [9.17, 15) is 4.79 Å². The number of hydrogen-bond acceptors (Lipinski definition) is 4. The maximum absolute atomic E-state index is 10.7. The fraction of sp³-hybridized carbons (Fsp3) is 0. The lowest BCUT2D eigenvalue weighted by atomic mass is 10.4. The van der Waals surface area contributed by atoms with E-state index in [-0.39, 0.29) is 10.6 Å². The smallest absolute Gasteiger partial charge is 0.363 e. The van der Waals surface area contributed by atoms with Crippen LogP contribution in [0.5, 0.6) is 5.75 Å². The van der Waals surface area contributed by atoms with Crippen LogP contribution in [0.15, 0.2) is 11.4 Å². The number of thiophene rings is 1. The van der Waals surface area contributed by atoms with Crippen molar-refractivity contribution >= 4 is 33.6 Å². The summed E-state index contributed by atoms with van der Waals surface area (Å²) in [7, 11) is 0. The van der Waals surface area contributed by atoms with E-state index in [1.165, 1.54) is 6.07 Å². The van der Waals surface area contributed by atoms with Gasteiger partial charge in [0.2, 0.25) is 0 Å². The quantitative estimate of drug-likeness (QED) is 0.790. The molecular weight excluding hydrogens is 220 g/mol. The van der Waals surface area contributed by atoms with E-state index >= 15 is 0 Å². The van der Waals surface area contributed by atoms with Crippen molar-refractivity contribution in [3.05, 3.63) is 16.3 Å². The van der Waals surface area contributed by atoms with Gasteiger partial charge < -0.3 is 8.93 Å². The number of rotatable bonds is 1. The molecule has 0 aliphatic rings. The number of aromatic hydroxyl groups is 1. The lowest BCUT2D eigenvalue weighted by molar-refractivity contribution is 0.0784. The minimum atomic E-state index is -0.576. The van der Waals surface area contributed by atoms with Gasteiger partial charge in [0, 0.05) is 0 Å². The summed E-state index contributed by atoms with van der Waals surface area (Å²) in [6, 6.07) is 1.43. The summed E-state index contributed by atoms with van der Waals surface area (Å²) < 4.78 is 4.20. The number of carbonyl (C=O) groups is 1. The first-order chi connectivity index (χ1) is 4.75. The van der Waals surface area contributed by atoms with Gasteiger partial charge in [0.15, 0.2) is 21.1 Å². The predicted molar refractivity (Wildman–Crippen MR) is 40.3 cm³/mol. The fourth-order valence-electron chi connectivity index (χ4n) is 0.490. The minimum Gasteiger partial charge on any atom is -0.506 e. The Balaban J connectivity index is 2.93. The average molecular weight is 223 g/mol. The Hall–Kier alpha value is -0.550. The van der Waals surface area contributed by atoms with E-state index in [0.29, 0.717) is 0 Å². The molecule has 0 radical (unpaired) electrons. The molecule has 5 heteroatoms. The average Bonchev–Trinajstić information content (AvgIpc) is 2.34. The van der Waals surface area contributed by atoms with Crippen LogP contribution in [0.2, 0.25) is 0 Å². The molecule has 0 bridgehead atoms. The molecule has 3 nitrogen and oxygen atoms in total. The first-order valence-electron chi connectivity index (χ1n) is 2.35. The first-order valence-corrected chi connectivity index (χ1v) is 3.88. The van der Waals surface area contributed by atoms with E-state index in [2.05, 4.69) is 20.1 Å². The van der Waals surface area contributed by atoms with Gasteiger partial charge in [-0.15, -0.1) is 11.3 Å². The zero-order valence-corrected chi connectivity index (χ0v) is 7.11. The molecule has 1 N–H and O–H groups in total.